The minimum Gasteiger partial charge on any atom is -0.497 e. The van der Waals surface area contributed by atoms with E-state index in [2.05, 4.69) is 33.9 Å². The Balaban J connectivity index is 2.02. The number of nitrogens with one attached hydrogen (secondary N) is 1. The van der Waals surface area contributed by atoms with E-state index in [-0.39, 0.29) is 5.91 Å². The second-order valence-electron chi connectivity index (χ2n) is 4.57. The van der Waals surface area contributed by atoms with Gasteiger partial charge in [-0.25, -0.2) is 0 Å². The number of rotatable bonds is 5. The van der Waals surface area contributed by atoms with Crippen molar-refractivity contribution in [1.29, 1.82) is 0 Å². The van der Waals surface area contributed by atoms with E-state index >= 15 is 0 Å². The molecule has 0 spiro atoms. The van der Waals surface area contributed by atoms with Gasteiger partial charge in [-0.3, -0.25) is 4.79 Å². The van der Waals surface area contributed by atoms with E-state index in [1.54, 1.807) is 13.2 Å². The first-order valence-corrected chi connectivity index (χ1v) is 7.77. The van der Waals surface area contributed by atoms with Crippen molar-refractivity contribution in [3.05, 3.63) is 58.6 Å². The van der Waals surface area contributed by atoms with Crippen LogP contribution in [0.2, 0.25) is 0 Å². The Morgan fingerprint density at radius 3 is 2.67 bits per heavy atom. The molecule has 21 heavy (non-hydrogen) atoms. The first kappa shape index (κ1) is 15.9. The minimum atomic E-state index is -0.405. The zero-order valence-corrected chi connectivity index (χ0v) is 14.0. The van der Waals surface area contributed by atoms with Gasteiger partial charge in [-0.05, 0) is 24.1 Å². The van der Waals surface area contributed by atoms with E-state index in [1.165, 1.54) is 0 Å². The molecule has 0 saturated carbocycles. The van der Waals surface area contributed by atoms with E-state index in [0.29, 0.717) is 17.9 Å². The maximum Gasteiger partial charge on any atom is 0.237 e. The van der Waals surface area contributed by atoms with Crippen LogP contribution in [-0.2, 0) is 11.2 Å². The number of benzene rings is 2. The fourth-order valence-electron chi connectivity index (χ4n) is 1.91. The van der Waals surface area contributed by atoms with Gasteiger partial charge in [-0.15, -0.1) is 0 Å². The van der Waals surface area contributed by atoms with Gasteiger partial charge in [0.05, 0.1) is 12.4 Å². The summed E-state index contributed by atoms with van der Waals surface area (Å²) >= 11 is 7.77. The Hall–Kier alpha value is -1.46. The number of hydrogen-bond acceptors (Lipinski definition) is 3. The maximum absolute atomic E-state index is 12.2. The first-order valence-electron chi connectivity index (χ1n) is 6.46. The number of carbonyl (C=O) groups excluding carboxylic acids is 1. The Labute approximate surface area is 138 Å². The largest absolute Gasteiger partial charge is 0.497 e. The third kappa shape index (κ3) is 4.79. The molecule has 3 nitrogen and oxygen atoms in total. The number of ether oxygens (including phenoxy) is 1. The lowest BCUT2D eigenvalue weighted by Crippen LogP contribution is -2.25. The predicted molar refractivity (Wildman–Crippen MR) is 92.2 cm³/mol. The molecule has 5 heteroatoms. The highest BCUT2D eigenvalue weighted by atomic mass is 79.9. The lowest BCUT2D eigenvalue weighted by molar-refractivity contribution is -0.115. The van der Waals surface area contributed by atoms with Crippen LogP contribution in [0, 0.1) is 0 Å². The molecule has 0 saturated heterocycles. The summed E-state index contributed by atoms with van der Waals surface area (Å²) in [6.07, 6.45) is 0.584. The Kier molecular flexibility index (Phi) is 5.70. The molecule has 0 aromatic heterocycles. The predicted octanol–water partition coefficient (Wildman–Crippen LogP) is 3.94. The number of halogens is 1. The van der Waals surface area contributed by atoms with Crippen LogP contribution in [0.3, 0.4) is 0 Å². The molecule has 1 atom stereocenters. The number of carbonyl (C=O) groups is 1. The summed E-state index contributed by atoms with van der Waals surface area (Å²) in [5.74, 6) is 0.542. The Morgan fingerprint density at radius 1 is 1.29 bits per heavy atom. The monoisotopic (exact) mass is 365 g/mol. The van der Waals surface area contributed by atoms with Crippen molar-refractivity contribution in [1.82, 2.24) is 0 Å². The SMILES string of the molecule is COc1cc(Br)cc(NC(=O)C(S)Cc2ccccc2)c1. The molecular weight excluding hydrogens is 350 g/mol. The average Bonchev–Trinajstić information content (AvgIpc) is 2.47. The van der Waals surface area contributed by atoms with E-state index in [1.807, 2.05) is 42.5 Å². The highest BCUT2D eigenvalue weighted by Gasteiger charge is 2.15. The molecule has 0 fully saturated rings. The van der Waals surface area contributed by atoms with Crippen molar-refractivity contribution in [3.8, 4) is 5.75 Å². The second kappa shape index (κ2) is 7.52. The number of methoxy groups -OCH3 is 1. The van der Waals surface area contributed by atoms with Crippen molar-refractivity contribution in [2.24, 2.45) is 0 Å². The fourth-order valence-corrected chi connectivity index (χ4v) is 2.66. The fraction of sp³-hybridized carbons (Fsp3) is 0.188. The van der Waals surface area contributed by atoms with Crippen LogP contribution in [-0.4, -0.2) is 18.3 Å². The highest BCUT2D eigenvalue weighted by Crippen LogP contribution is 2.25. The van der Waals surface area contributed by atoms with Gasteiger partial charge in [0.15, 0.2) is 0 Å². The molecule has 1 N–H and O–H groups in total. The smallest absolute Gasteiger partial charge is 0.237 e. The van der Waals surface area contributed by atoms with Gasteiger partial charge in [0.2, 0.25) is 5.91 Å². The molecule has 0 aliphatic carbocycles. The first-order chi connectivity index (χ1) is 10.1. The van der Waals surface area contributed by atoms with Crippen LogP contribution in [0.4, 0.5) is 5.69 Å². The molecule has 2 rings (SSSR count). The molecular formula is C16H16BrNO2S. The van der Waals surface area contributed by atoms with Crippen LogP contribution < -0.4 is 10.1 Å². The molecule has 2 aromatic rings. The van der Waals surface area contributed by atoms with Crippen molar-refractivity contribution in [2.75, 3.05) is 12.4 Å². The molecule has 0 bridgehead atoms. The van der Waals surface area contributed by atoms with E-state index in [9.17, 15) is 4.79 Å². The molecule has 0 radical (unpaired) electrons. The molecule has 0 aliphatic rings. The van der Waals surface area contributed by atoms with Crippen LogP contribution >= 0.6 is 28.6 Å². The topological polar surface area (TPSA) is 38.3 Å². The highest BCUT2D eigenvalue weighted by molar-refractivity contribution is 9.10. The molecule has 110 valence electrons. The third-order valence-electron chi connectivity index (χ3n) is 2.95. The zero-order chi connectivity index (χ0) is 15.2. The van der Waals surface area contributed by atoms with Crippen molar-refractivity contribution in [3.63, 3.8) is 0 Å². The summed E-state index contributed by atoms with van der Waals surface area (Å²) in [4.78, 5) is 12.2. The van der Waals surface area contributed by atoms with Crippen molar-refractivity contribution < 1.29 is 9.53 Å². The molecule has 1 unspecified atom stereocenters. The van der Waals surface area contributed by atoms with Gasteiger partial charge in [-0.1, -0.05) is 46.3 Å². The number of hydrogen-bond donors (Lipinski definition) is 2. The van der Waals surface area contributed by atoms with Crippen LogP contribution in [0.1, 0.15) is 5.56 Å². The Bertz CT molecular complexity index is 619. The second-order valence-corrected chi connectivity index (χ2v) is 6.11. The van der Waals surface area contributed by atoms with Crippen LogP contribution in [0.5, 0.6) is 5.75 Å². The van der Waals surface area contributed by atoms with Gasteiger partial charge in [0.25, 0.3) is 0 Å². The maximum atomic E-state index is 12.2. The number of amides is 1. The van der Waals surface area contributed by atoms with Crippen molar-refractivity contribution in [2.45, 2.75) is 11.7 Å². The molecule has 2 aromatic carbocycles. The van der Waals surface area contributed by atoms with Gasteiger partial charge >= 0.3 is 0 Å². The van der Waals surface area contributed by atoms with E-state index in [0.717, 1.165) is 10.0 Å². The Morgan fingerprint density at radius 2 is 2.00 bits per heavy atom. The van der Waals surface area contributed by atoms with Gasteiger partial charge in [0.1, 0.15) is 5.75 Å². The van der Waals surface area contributed by atoms with Crippen LogP contribution in [0.15, 0.2) is 53.0 Å². The molecule has 1 amide bonds. The van der Waals surface area contributed by atoms with Crippen molar-refractivity contribution >= 4 is 40.2 Å². The lowest BCUT2D eigenvalue weighted by Gasteiger charge is -2.13. The van der Waals surface area contributed by atoms with Gasteiger partial charge < -0.3 is 10.1 Å². The summed E-state index contributed by atoms with van der Waals surface area (Å²) in [5, 5.41) is 2.45. The third-order valence-corrected chi connectivity index (χ3v) is 3.82. The quantitative estimate of drug-likeness (QED) is 0.787. The summed E-state index contributed by atoms with van der Waals surface area (Å²) in [6.45, 7) is 0. The number of anilines is 1. The zero-order valence-electron chi connectivity index (χ0n) is 11.5. The van der Waals surface area contributed by atoms with Gasteiger partial charge in [-0.2, -0.15) is 12.6 Å². The van der Waals surface area contributed by atoms with E-state index in [4.69, 9.17) is 4.74 Å². The standard InChI is InChI=1S/C16H16BrNO2S/c1-20-14-9-12(17)8-13(10-14)18-16(19)15(21)7-11-5-3-2-4-6-11/h2-6,8-10,15,21H,7H2,1H3,(H,18,19). The minimum absolute atomic E-state index is 0.137. The summed E-state index contributed by atoms with van der Waals surface area (Å²) in [6, 6.07) is 15.2. The summed E-state index contributed by atoms with van der Waals surface area (Å²) < 4.78 is 6.02. The van der Waals surface area contributed by atoms with Gasteiger partial charge in [0, 0.05) is 16.2 Å². The summed E-state index contributed by atoms with van der Waals surface area (Å²) in [5.41, 5.74) is 1.76. The lowest BCUT2D eigenvalue weighted by atomic mass is 10.1. The number of thiol groups is 1. The summed E-state index contributed by atoms with van der Waals surface area (Å²) in [7, 11) is 1.59. The normalized spacial score (nSPS) is 11.8. The van der Waals surface area contributed by atoms with E-state index < -0.39 is 5.25 Å². The molecule has 0 aliphatic heterocycles. The average molecular weight is 366 g/mol. The molecule has 0 heterocycles. The van der Waals surface area contributed by atoms with Crippen LogP contribution in [0.25, 0.3) is 0 Å².